The van der Waals surface area contributed by atoms with Crippen molar-refractivity contribution in [3.63, 3.8) is 0 Å². The highest BCUT2D eigenvalue weighted by atomic mass is 79.9. The molecule has 0 aliphatic carbocycles. The Bertz CT molecular complexity index is 390. The van der Waals surface area contributed by atoms with Gasteiger partial charge >= 0.3 is 0 Å². The van der Waals surface area contributed by atoms with E-state index >= 15 is 0 Å². The minimum absolute atomic E-state index is 0.0964. The molecule has 2 nitrogen and oxygen atoms in total. The zero-order valence-corrected chi connectivity index (χ0v) is 12.2. The maximum atomic E-state index is 5.90. The van der Waals surface area contributed by atoms with E-state index in [0.717, 1.165) is 6.54 Å². The Morgan fingerprint density at radius 2 is 2.18 bits per heavy atom. The van der Waals surface area contributed by atoms with E-state index in [4.69, 9.17) is 5.73 Å². The van der Waals surface area contributed by atoms with Gasteiger partial charge in [0.15, 0.2) is 0 Å². The molecule has 0 spiro atoms. The predicted octanol–water partition coefficient (Wildman–Crippen LogP) is 3.85. The van der Waals surface area contributed by atoms with Crippen LogP contribution in [-0.2, 0) is 0 Å². The van der Waals surface area contributed by atoms with E-state index in [1.54, 1.807) is 0 Å². The molecule has 1 fully saturated rings. The summed E-state index contributed by atoms with van der Waals surface area (Å²) in [5, 5.41) is 0. The lowest BCUT2D eigenvalue weighted by molar-refractivity contribution is 0.484. The fourth-order valence-corrected chi connectivity index (χ4v) is 3.12. The van der Waals surface area contributed by atoms with Crippen LogP contribution in [0.3, 0.4) is 0 Å². The molecule has 0 bridgehead atoms. The molecule has 1 aromatic rings. The maximum absolute atomic E-state index is 5.90. The Labute approximate surface area is 112 Å². The van der Waals surface area contributed by atoms with Crippen LogP contribution in [0.2, 0.25) is 0 Å². The SMILES string of the molecule is CC1CCCCN1c1ccc([C@H](C)N)cc1Br. The second-order valence-corrected chi connectivity index (χ2v) is 5.89. The average Bonchev–Trinajstić information content (AvgIpc) is 2.30. The van der Waals surface area contributed by atoms with Crippen LogP contribution in [0, 0.1) is 0 Å². The van der Waals surface area contributed by atoms with Crippen LogP contribution in [0.1, 0.15) is 44.7 Å². The second-order valence-electron chi connectivity index (χ2n) is 5.04. The van der Waals surface area contributed by atoms with Crippen molar-refractivity contribution in [3.05, 3.63) is 28.2 Å². The van der Waals surface area contributed by atoms with Gasteiger partial charge in [0.2, 0.25) is 0 Å². The molecule has 0 radical (unpaired) electrons. The molecule has 3 heteroatoms. The first kappa shape index (κ1) is 12.9. The minimum Gasteiger partial charge on any atom is -0.368 e. The molecule has 1 aliphatic heterocycles. The molecule has 2 rings (SSSR count). The van der Waals surface area contributed by atoms with Gasteiger partial charge in [-0.1, -0.05) is 6.07 Å². The van der Waals surface area contributed by atoms with Crippen molar-refractivity contribution in [2.45, 2.75) is 45.2 Å². The quantitative estimate of drug-likeness (QED) is 0.898. The number of piperidine rings is 1. The molecule has 0 saturated carbocycles. The lowest BCUT2D eigenvalue weighted by atomic mass is 10.0. The number of benzene rings is 1. The van der Waals surface area contributed by atoms with Gasteiger partial charge in [-0.2, -0.15) is 0 Å². The van der Waals surface area contributed by atoms with Crippen molar-refractivity contribution in [3.8, 4) is 0 Å². The number of hydrogen-bond acceptors (Lipinski definition) is 2. The van der Waals surface area contributed by atoms with E-state index < -0.39 is 0 Å². The van der Waals surface area contributed by atoms with Crippen molar-refractivity contribution < 1.29 is 0 Å². The first-order valence-electron chi connectivity index (χ1n) is 6.41. The van der Waals surface area contributed by atoms with Gasteiger partial charge in [-0.05, 0) is 66.7 Å². The lowest BCUT2D eigenvalue weighted by Gasteiger charge is -2.36. The molecule has 0 aromatic heterocycles. The summed E-state index contributed by atoms with van der Waals surface area (Å²) in [5.41, 5.74) is 8.40. The summed E-state index contributed by atoms with van der Waals surface area (Å²) in [6.45, 7) is 5.49. The third-order valence-corrected chi connectivity index (χ3v) is 4.25. The molecule has 1 aliphatic rings. The van der Waals surface area contributed by atoms with Crippen LogP contribution in [0.5, 0.6) is 0 Å². The highest BCUT2D eigenvalue weighted by Gasteiger charge is 2.20. The first-order chi connectivity index (χ1) is 8.09. The Kier molecular flexibility index (Phi) is 4.10. The third-order valence-electron chi connectivity index (χ3n) is 3.61. The van der Waals surface area contributed by atoms with E-state index in [0.29, 0.717) is 6.04 Å². The smallest absolute Gasteiger partial charge is 0.0513 e. The molecular formula is C14H21BrN2. The standard InChI is InChI=1S/C14H21BrN2/c1-10-5-3-4-8-17(10)14-7-6-12(11(2)16)9-13(14)15/h6-7,9-11H,3-5,8,16H2,1-2H3/t10?,11-/m0/s1. The fraction of sp³-hybridized carbons (Fsp3) is 0.571. The molecular weight excluding hydrogens is 276 g/mol. The summed E-state index contributed by atoms with van der Waals surface area (Å²) in [7, 11) is 0. The molecule has 17 heavy (non-hydrogen) atoms. The molecule has 94 valence electrons. The molecule has 1 aromatic carbocycles. The number of halogens is 1. The molecule has 2 N–H and O–H groups in total. The van der Waals surface area contributed by atoms with Gasteiger partial charge in [0, 0.05) is 23.1 Å². The summed E-state index contributed by atoms with van der Waals surface area (Å²) < 4.78 is 1.17. The summed E-state index contributed by atoms with van der Waals surface area (Å²) >= 11 is 3.68. The summed E-state index contributed by atoms with van der Waals surface area (Å²) in [6.07, 6.45) is 3.94. The van der Waals surface area contributed by atoms with Crippen molar-refractivity contribution in [2.24, 2.45) is 5.73 Å². The highest BCUT2D eigenvalue weighted by Crippen LogP contribution is 2.32. The zero-order chi connectivity index (χ0) is 12.4. The summed E-state index contributed by atoms with van der Waals surface area (Å²) in [6, 6.07) is 7.23. The molecule has 1 heterocycles. The Hall–Kier alpha value is -0.540. The average molecular weight is 297 g/mol. The number of hydrogen-bond donors (Lipinski definition) is 1. The van der Waals surface area contributed by atoms with Gasteiger partial charge in [-0.15, -0.1) is 0 Å². The van der Waals surface area contributed by atoms with Crippen LogP contribution < -0.4 is 10.6 Å². The number of rotatable bonds is 2. The Morgan fingerprint density at radius 3 is 2.76 bits per heavy atom. The highest BCUT2D eigenvalue weighted by molar-refractivity contribution is 9.10. The first-order valence-corrected chi connectivity index (χ1v) is 7.20. The van der Waals surface area contributed by atoms with Crippen LogP contribution in [0.15, 0.2) is 22.7 Å². The third kappa shape index (κ3) is 2.83. The topological polar surface area (TPSA) is 29.3 Å². The predicted molar refractivity (Wildman–Crippen MR) is 77.4 cm³/mol. The van der Waals surface area contributed by atoms with Gasteiger partial charge in [0.05, 0.1) is 5.69 Å². The number of nitrogens with two attached hydrogens (primary N) is 1. The Balaban J connectivity index is 2.26. The largest absolute Gasteiger partial charge is 0.368 e. The van der Waals surface area contributed by atoms with Crippen LogP contribution in [0.4, 0.5) is 5.69 Å². The van der Waals surface area contributed by atoms with Crippen molar-refractivity contribution in [1.82, 2.24) is 0 Å². The summed E-state index contributed by atoms with van der Waals surface area (Å²) in [5.74, 6) is 0. The van der Waals surface area contributed by atoms with E-state index in [9.17, 15) is 0 Å². The van der Waals surface area contributed by atoms with Gasteiger partial charge < -0.3 is 10.6 Å². The fourth-order valence-electron chi connectivity index (χ4n) is 2.50. The monoisotopic (exact) mass is 296 g/mol. The lowest BCUT2D eigenvalue weighted by Crippen LogP contribution is -2.37. The van der Waals surface area contributed by atoms with Crippen LogP contribution >= 0.6 is 15.9 Å². The van der Waals surface area contributed by atoms with Gasteiger partial charge in [0.1, 0.15) is 0 Å². The minimum atomic E-state index is 0.0964. The number of anilines is 1. The zero-order valence-electron chi connectivity index (χ0n) is 10.6. The maximum Gasteiger partial charge on any atom is 0.0513 e. The number of nitrogens with zero attached hydrogens (tertiary/aromatic N) is 1. The van der Waals surface area contributed by atoms with Gasteiger partial charge in [-0.25, -0.2) is 0 Å². The molecule has 1 saturated heterocycles. The molecule has 0 amide bonds. The molecule has 2 atom stereocenters. The Morgan fingerprint density at radius 1 is 1.41 bits per heavy atom. The van der Waals surface area contributed by atoms with E-state index in [1.165, 1.54) is 35.0 Å². The molecule has 1 unspecified atom stereocenters. The van der Waals surface area contributed by atoms with Crippen molar-refractivity contribution >= 4 is 21.6 Å². The van der Waals surface area contributed by atoms with Gasteiger partial charge in [0.25, 0.3) is 0 Å². The van der Waals surface area contributed by atoms with Crippen LogP contribution in [0.25, 0.3) is 0 Å². The van der Waals surface area contributed by atoms with E-state index in [2.05, 4.69) is 46.0 Å². The van der Waals surface area contributed by atoms with Gasteiger partial charge in [-0.3, -0.25) is 0 Å². The van der Waals surface area contributed by atoms with Crippen molar-refractivity contribution in [1.29, 1.82) is 0 Å². The van der Waals surface area contributed by atoms with E-state index in [1.807, 2.05) is 6.92 Å². The van der Waals surface area contributed by atoms with E-state index in [-0.39, 0.29) is 6.04 Å². The summed E-state index contributed by atoms with van der Waals surface area (Å²) in [4.78, 5) is 2.50. The second kappa shape index (κ2) is 5.40. The van der Waals surface area contributed by atoms with Crippen molar-refractivity contribution in [2.75, 3.05) is 11.4 Å². The van der Waals surface area contributed by atoms with Crippen LogP contribution in [-0.4, -0.2) is 12.6 Å². The normalized spacial score (nSPS) is 22.6.